The lowest BCUT2D eigenvalue weighted by molar-refractivity contribution is 0.0527. The Kier molecular flexibility index (Phi) is 5.29. The maximum absolute atomic E-state index is 11.6. The first-order chi connectivity index (χ1) is 8.20. The Labute approximate surface area is 101 Å². The van der Waals surface area contributed by atoms with E-state index in [4.69, 9.17) is 15.2 Å². The number of hydrogen-bond donors (Lipinski definition) is 2. The molecule has 5 heteroatoms. The summed E-state index contributed by atoms with van der Waals surface area (Å²) in [6, 6.07) is 5.22. The van der Waals surface area contributed by atoms with Gasteiger partial charge in [-0.1, -0.05) is 6.07 Å². The molecule has 0 unspecified atom stereocenters. The third kappa shape index (κ3) is 3.64. The van der Waals surface area contributed by atoms with Gasteiger partial charge in [-0.05, 0) is 19.1 Å². The van der Waals surface area contributed by atoms with Crippen molar-refractivity contribution < 1.29 is 14.3 Å². The van der Waals surface area contributed by atoms with Crippen molar-refractivity contribution in [3.63, 3.8) is 0 Å². The number of rotatable bonds is 6. The average molecular weight is 238 g/mol. The minimum atomic E-state index is -0.402. The molecule has 94 valence electrons. The summed E-state index contributed by atoms with van der Waals surface area (Å²) < 4.78 is 9.84. The SMILES string of the molecule is CCOC(=O)c1cccc(NCCOC)c1N. The fraction of sp³-hybridized carbons (Fsp3) is 0.417. The van der Waals surface area contributed by atoms with Crippen molar-refractivity contribution in [2.45, 2.75) is 6.92 Å². The van der Waals surface area contributed by atoms with E-state index in [2.05, 4.69) is 5.32 Å². The van der Waals surface area contributed by atoms with Crippen LogP contribution in [-0.4, -0.2) is 32.8 Å². The van der Waals surface area contributed by atoms with Crippen LogP contribution in [0.15, 0.2) is 18.2 Å². The molecule has 0 saturated heterocycles. The van der Waals surface area contributed by atoms with Crippen LogP contribution in [0.4, 0.5) is 11.4 Å². The largest absolute Gasteiger partial charge is 0.462 e. The highest BCUT2D eigenvalue weighted by atomic mass is 16.5. The number of nitrogens with one attached hydrogen (secondary N) is 1. The zero-order valence-corrected chi connectivity index (χ0v) is 10.2. The molecule has 1 aromatic rings. The number of benzene rings is 1. The summed E-state index contributed by atoms with van der Waals surface area (Å²) in [6.45, 7) is 3.30. The summed E-state index contributed by atoms with van der Waals surface area (Å²) in [6.07, 6.45) is 0. The Morgan fingerprint density at radius 2 is 2.24 bits per heavy atom. The number of para-hydroxylation sites is 1. The molecule has 1 aromatic carbocycles. The summed E-state index contributed by atoms with van der Waals surface area (Å²) >= 11 is 0. The first kappa shape index (κ1) is 13.3. The Hall–Kier alpha value is -1.75. The molecular weight excluding hydrogens is 220 g/mol. The van der Waals surface area contributed by atoms with Crippen molar-refractivity contribution in [3.8, 4) is 0 Å². The summed E-state index contributed by atoms with van der Waals surface area (Å²) in [5, 5.41) is 3.09. The molecular formula is C12H18N2O3. The first-order valence-corrected chi connectivity index (χ1v) is 5.49. The Morgan fingerprint density at radius 1 is 1.47 bits per heavy atom. The molecule has 0 saturated carbocycles. The highest BCUT2D eigenvalue weighted by Crippen LogP contribution is 2.23. The van der Waals surface area contributed by atoms with Gasteiger partial charge in [0, 0.05) is 13.7 Å². The van der Waals surface area contributed by atoms with Crippen LogP contribution in [0.3, 0.4) is 0 Å². The van der Waals surface area contributed by atoms with E-state index in [1.165, 1.54) is 0 Å². The lowest BCUT2D eigenvalue weighted by atomic mass is 10.1. The molecule has 3 N–H and O–H groups in total. The van der Waals surface area contributed by atoms with Gasteiger partial charge in [-0.2, -0.15) is 0 Å². The number of anilines is 2. The van der Waals surface area contributed by atoms with Crippen LogP contribution in [0, 0.1) is 0 Å². The maximum atomic E-state index is 11.6. The molecule has 0 spiro atoms. The van der Waals surface area contributed by atoms with Crippen LogP contribution >= 0.6 is 0 Å². The van der Waals surface area contributed by atoms with E-state index in [1.54, 1.807) is 26.2 Å². The molecule has 17 heavy (non-hydrogen) atoms. The highest BCUT2D eigenvalue weighted by Gasteiger charge is 2.12. The number of esters is 1. The van der Waals surface area contributed by atoms with Crippen molar-refractivity contribution in [1.29, 1.82) is 0 Å². The smallest absolute Gasteiger partial charge is 0.340 e. The van der Waals surface area contributed by atoms with Crippen LogP contribution in [0.25, 0.3) is 0 Å². The van der Waals surface area contributed by atoms with E-state index >= 15 is 0 Å². The van der Waals surface area contributed by atoms with Gasteiger partial charge in [0.2, 0.25) is 0 Å². The molecule has 0 aliphatic heterocycles. The van der Waals surface area contributed by atoms with Gasteiger partial charge in [-0.25, -0.2) is 4.79 Å². The molecule has 0 atom stereocenters. The standard InChI is InChI=1S/C12H18N2O3/c1-3-17-12(15)9-5-4-6-10(11(9)13)14-7-8-16-2/h4-6,14H,3,7-8,13H2,1-2H3. The van der Waals surface area contributed by atoms with E-state index in [9.17, 15) is 4.79 Å². The Balaban J connectivity index is 2.79. The van der Waals surface area contributed by atoms with E-state index in [0.717, 1.165) is 0 Å². The molecule has 0 bridgehead atoms. The Bertz CT molecular complexity index is 380. The summed E-state index contributed by atoms with van der Waals surface area (Å²) in [5.74, 6) is -0.402. The second-order valence-corrected chi connectivity index (χ2v) is 3.41. The number of hydrogen-bond acceptors (Lipinski definition) is 5. The van der Waals surface area contributed by atoms with Gasteiger partial charge in [-0.3, -0.25) is 0 Å². The van der Waals surface area contributed by atoms with Crippen molar-refractivity contribution in [1.82, 2.24) is 0 Å². The van der Waals surface area contributed by atoms with Crippen LogP contribution < -0.4 is 11.1 Å². The van der Waals surface area contributed by atoms with Crippen LogP contribution in [0.1, 0.15) is 17.3 Å². The monoisotopic (exact) mass is 238 g/mol. The second-order valence-electron chi connectivity index (χ2n) is 3.41. The van der Waals surface area contributed by atoms with Gasteiger partial charge >= 0.3 is 5.97 Å². The number of methoxy groups -OCH3 is 1. The quantitative estimate of drug-likeness (QED) is 0.446. The molecule has 0 amide bonds. The summed E-state index contributed by atoms with van der Waals surface area (Å²) in [7, 11) is 1.63. The van der Waals surface area contributed by atoms with Gasteiger partial charge in [-0.15, -0.1) is 0 Å². The van der Waals surface area contributed by atoms with E-state index < -0.39 is 5.97 Å². The van der Waals surface area contributed by atoms with Gasteiger partial charge < -0.3 is 20.5 Å². The zero-order chi connectivity index (χ0) is 12.7. The van der Waals surface area contributed by atoms with Crippen molar-refractivity contribution in [2.24, 2.45) is 0 Å². The van der Waals surface area contributed by atoms with Crippen LogP contribution in [0.2, 0.25) is 0 Å². The summed E-state index contributed by atoms with van der Waals surface area (Å²) in [5.41, 5.74) is 7.40. The van der Waals surface area contributed by atoms with Crippen LogP contribution in [-0.2, 0) is 9.47 Å². The third-order valence-electron chi connectivity index (χ3n) is 2.22. The highest BCUT2D eigenvalue weighted by molar-refractivity contribution is 5.98. The van der Waals surface area contributed by atoms with E-state index in [-0.39, 0.29) is 0 Å². The lowest BCUT2D eigenvalue weighted by Crippen LogP contribution is -2.13. The fourth-order valence-corrected chi connectivity index (χ4v) is 1.39. The van der Waals surface area contributed by atoms with E-state index in [0.29, 0.717) is 36.7 Å². The van der Waals surface area contributed by atoms with Crippen molar-refractivity contribution in [3.05, 3.63) is 23.8 Å². The normalized spacial score (nSPS) is 10.0. The molecule has 0 radical (unpaired) electrons. The third-order valence-corrected chi connectivity index (χ3v) is 2.22. The molecule has 0 fully saturated rings. The molecule has 1 rings (SSSR count). The molecule has 0 aliphatic rings. The first-order valence-electron chi connectivity index (χ1n) is 5.49. The summed E-state index contributed by atoms with van der Waals surface area (Å²) in [4.78, 5) is 11.6. The number of carbonyl (C=O) groups excluding carboxylic acids is 1. The zero-order valence-electron chi connectivity index (χ0n) is 10.2. The number of nitrogen functional groups attached to an aromatic ring is 1. The molecule has 0 aliphatic carbocycles. The second kappa shape index (κ2) is 6.75. The van der Waals surface area contributed by atoms with Crippen molar-refractivity contribution >= 4 is 17.3 Å². The maximum Gasteiger partial charge on any atom is 0.340 e. The van der Waals surface area contributed by atoms with Gasteiger partial charge in [0.25, 0.3) is 0 Å². The predicted molar refractivity (Wildman–Crippen MR) is 67.2 cm³/mol. The van der Waals surface area contributed by atoms with Crippen LogP contribution in [0.5, 0.6) is 0 Å². The minimum absolute atomic E-state index is 0.333. The number of ether oxygens (including phenoxy) is 2. The molecule has 5 nitrogen and oxygen atoms in total. The average Bonchev–Trinajstić information content (AvgIpc) is 2.32. The van der Waals surface area contributed by atoms with Crippen molar-refractivity contribution in [2.75, 3.05) is 37.9 Å². The van der Waals surface area contributed by atoms with Gasteiger partial charge in [0.15, 0.2) is 0 Å². The van der Waals surface area contributed by atoms with Gasteiger partial charge in [0.05, 0.1) is 30.2 Å². The molecule has 0 aromatic heterocycles. The van der Waals surface area contributed by atoms with Gasteiger partial charge in [0.1, 0.15) is 0 Å². The minimum Gasteiger partial charge on any atom is -0.462 e. The number of nitrogens with two attached hydrogens (primary N) is 1. The predicted octanol–water partition coefficient (Wildman–Crippen LogP) is 1.50. The van der Waals surface area contributed by atoms with E-state index in [1.807, 2.05) is 6.07 Å². The lowest BCUT2D eigenvalue weighted by Gasteiger charge is -2.11. The number of carbonyl (C=O) groups is 1. The Morgan fingerprint density at radius 3 is 2.88 bits per heavy atom. The fourth-order valence-electron chi connectivity index (χ4n) is 1.39. The topological polar surface area (TPSA) is 73.6 Å². The molecule has 0 heterocycles.